The number of halogens is 3. The van der Waals surface area contributed by atoms with Crippen molar-refractivity contribution in [3.8, 4) is 5.69 Å². The Kier molecular flexibility index (Phi) is 3.87. The number of aryl methyl sites for hydroxylation is 2. The Hall–Kier alpha value is -1.58. The van der Waals surface area contributed by atoms with Gasteiger partial charge in [0.2, 0.25) is 0 Å². The fourth-order valence-corrected chi connectivity index (χ4v) is 2.75. The van der Waals surface area contributed by atoms with Gasteiger partial charge in [-0.15, -0.1) is 11.6 Å². The number of nitrogens with zero attached hydrogens (tertiary/aromatic N) is 2. The molecule has 3 aromatic rings. The highest BCUT2D eigenvalue weighted by atomic mass is 35.5. The first kappa shape index (κ1) is 14.4. The van der Waals surface area contributed by atoms with Gasteiger partial charge < -0.3 is 0 Å². The summed E-state index contributed by atoms with van der Waals surface area (Å²) < 4.78 is 16.1. The van der Waals surface area contributed by atoms with E-state index in [4.69, 9.17) is 23.2 Å². The maximum absolute atomic E-state index is 14.3. The maximum atomic E-state index is 14.3. The van der Waals surface area contributed by atoms with Crippen molar-refractivity contribution in [2.45, 2.75) is 13.3 Å². The molecule has 0 aliphatic rings. The quantitative estimate of drug-likeness (QED) is 0.626. The highest BCUT2D eigenvalue weighted by Crippen LogP contribution is 2.26. The Morgan fingerprint density at radius 1 is 1.19 bits per heavy atom. The second-order valence-electron chi connectivity index (χ2n) is 4.89. The third-order valence-corrected chi connectivity index (χ3v) is 3.77. The number of imidazole rings is 1. The first-order valence-corrected chi connectivity index (χ1v) is 7.51. The summed E-state index contributed by atoms with van der Waals surface area (Å²) in [5.74, 6) is 0.870. The zero-order valence-electron chi connectivity index (χ0n) is 11.4. The van der Waals surface area contributed by atoms with Crippen LogP contribution in [0, 0.1) is 12.7 Å². The molecule has 0 saturated carbocycles. The molecule has 0 spiro atoms. The van der Waals surface area contributed by atoms with E-state index in [2.05, 4.69) is 4.98 Å². The van der Waals surface area contributed by atoms with Gasteiger partial charge in [-0.25, -0.2) is 9.37 Å². The number of rotatable bonds is 3. The van der Waals surface area contributed by atoms with E-state index in [0.29, 0.717) is 23.0 Å². The Morgan fingerprint density at radius 3 is 2.71 bits per heavy atom. The molecule has 0 aliphatic heterocycles. The summed E-state index contributed by atoms with van der Waals surface area (Å²) >= 11 is 11.9. The lowest BCUT2D eigenvalue weighted by Gasteiger charge is -2.10. The van der Waals surface area contributed by atoms with Gasteiger partial charge in [0.05, 0.1) is 16.7 Å². The molecule has 2 aromatic carbocycles. The fraction of sp³-hybridized carbons (Fsp3) is 0.188. The summed E-state index contributed by atoms with van der Waals surface area (Å²) in [6.07, 6.45) is 0.557. The Balaban J connectivity index is 2.30. The summed E-state index contributed by atoms with van der Waals surface area (Å²) in [6.45, 7) is 1.86. The molecule has 3 rings (SSSR count). The average molecular weight is 323 g/mol. The first-order chi connectivity index (χ1) is 10.1. The fourth-order valence-electron chi connectivity index (χ4n) is 2.42. The van der Waals surface area contributed by atoms with Gasteiger partial charge in [-0.05, 0) is 42.8 Å². The minimum absolute atomic E-state index is 0.278. The average Bonchev–Trinajstić information content (AvgIpc) is 2.76. The molecule has 0 unspecified atom stereocenters. The van der Waals surface area contributed by atoms with E-state index in [9.17, 15) is 4.39 Å². The van der Waals surface area contributed by atoms with Crippen LogP contribution in [0.5, 0.6) is 0 Å². The van der Waals surface area contributed by atoms with Crippen LogP contribution in [0.1, 0.15) is 11.4 Å². The van der Waals surface area contributed by atoms with Crippen LogP contribution >= 0.6 is 23.2 Å². The van der Waals surface area contributed by atoms with Crippen molar-refractivity contribution in [2.75, 3.05) is 5.88 Å². The molecule has 1 heterocycles. The molecule has 0 aliphatic carbocycles. The molecule has 0 N–H and O–H groups in total. The van der Waals surface area contributed by atoms with Gasteiger partial charge in [-0.2, -0.15) is 0 Å². The number of alkyl halides is 1. The minimum Gasteiger partial charge on any atom is -0.293 e. The third kappa shape index (κ3) is 2.63. The number of fused-ring (bicyclic) bond motifs is 1. The van der Waals surface area contributed by atoms with E-state index in [1.165, 1.54) is 6.07 Å². The molecule has 5 heteroatoms. The number of benzene rings is 2. The van der Waals surface area contributed by atoms with E-state index < -0.39 is 0 Å². The van der Waals surface area contributed by atoms with Crippen LogP contribution < -0.4 is 0 Å². The predicted octanol–water partition coefficient (Wildman–Crippen LogP) is 4.91. The molecule has 0 fully saturated rings. The predicted molar refractivity (Wildman–Crippen MR) is 85.2 cm³/mol. The Labute approximate surface area is 132 Å². The van der Waals surface area contributed by atoms with E-state index >= 15 is 0 Å². The lowest BCUT2D eigenvalue weighted by Crippen LogP contribution is -2.04. The summed E-state index contributed by atoms with van der Waals surface area (Å²) in [5.41, 5.74) is 2.91. The van der Waals surface area contributed by atoms with Crippen molar-refractivity contribution in [2.24, 2.45) is 0 Å². The summed E-state index contributed by atoms with van der Waals surface area (Å²) in [6, 6.07) is 10.6. The molecule has 108 valence electrons. The molecular weight excluding hydrogens is 310 g/mol. The second kappa shape index (κ2) is 5.66. The minimum atomic E-state index is -0.278. The molecule has 2 nitrogen and oxygen atoms in total. The first-order valence-electron chi connectivity index (χ1n) is 6.59. The molecule has 0 radical (unpaired) electrons. The van der Waals surface area contributed by atoms with E-state index in [-0.39, 0.29) is 5.82 Å². The van der Waals surface area contributed by atoms with Crippen LogP contribution in [-0.2, 0) is 6.42 Å². The smallest absolute Gasteiger partial charge is 0.147 e. The van der Waals surface area contributed by atoms with Crippen LogP contribution in [0.2, 0.25) is 5.02 Å². The molecular formula is C16H13Cl2FN2. The van der Waals surface area contributed by atoms with Crippen molar-refractivity contribution in [3.05, 3.63) is 58.6 Å². The largest absolute Gasteiger partial charge is 0.293 e. The van der Waals surface area contributed by atoms with Crippen molar-refractivity contribution in [3.63, 3.8) is 0 Å². The number of hydrogen-bond donors (Lipinski definition) is 0. The van der Waals surface area contributed by atoms with Gasteiger partial charge in [0.1, 0.15) is 11.6 Å². The van der Waals surface area contributed by atoms with E-state index in [1.807, 2.05) is 23.6 Å². The number of aromatic nitrogens is 2. The van der Waals surface area contributed by atoms with Crippen molar-refractivity contribution < 1.29 is 4.39 Å². The van der Waals surface area contributed by atoms with E-state index in [0.717, 1.165) is 22.4 Å². The van der Waals surface area contributed by atoms with Gasteiger partial charge in [-0.3, -0.25) is 4.57 Å². The van der Waals surface area contributed by atoms with Crippen LogP contribution in [0.15, 0.2) is 36.4 Å². The number of hydrogen-bond acceptors (Lipinski definition) is 1. The molecule has 21 heavy (non-hydrogen) atoms. The SMILES string of the molecule is Cc1ccc(-n2c(CCCl)nc3cc(Cl)ccc32)c(F)c1. The van der Waals surface area contributed by atoms with E-state index in [1.54, 1.807) is 18.2 Å². The van der Waals surface area contributed by atoms with Gasteiger partial charge in [0.15, 0.2) is 0 Å². The third-order valence-electron chi connectivity index (χ3n) is 3.35. The van der Waals surface area contributed by atoms with Crippen LogP contribution in [0.4, 0.5) is 4.39 Å². The lowest BCUT2D eigenvalue weighted by atomic mass is 10.2. The molecule has 0 amide bonds. The topological polar surface area (TPSA) is 17.8 Å². The summed E-state index contributed by atoms with van der Waals surface area (Å²) in [4.78, 5) is 4.53. The standard InChI is InChI=1S/C16H13Cl2FN2/c1-10-2-4-14(12(19)8-10)21-15-5-3-11(18)9-13(15)20-16(21)6-7-17/h2-5,8-9H,6-7H2,1H3. The van der Waals surface area contributed by atoms with Crippen molar-refractivity contribution in [1.82, 2.24) is 9.55 Å². The zero-order chi connectivity index (χ0) is 15.0. The Morgan fingerprint density at radius 2 is 2.00 bits per heavy atom. The highest BCUT2D eigenvalue weighted by molar-refractivity contribution is 6.31. The van der Waals surface area contributed by atoms with Gasteiger partial charge in [0, 0.05) is 17.3 Å². The van der Waals surface area contributed by atoms with Gasteiger partial charge >= 0.3 is 0 Å². The Bertz CT molecular complexity index is 811. The second-order valence-corrected chi connectivity index (χ2v) is 5.70. The summed E-state index contributed by atoms with van der Waals surface area (Å²) in [7, 11) is 0. The van der Waals surface area contributed by atoms with Crippen LogP contribution in [-0.4, -0.2) is 15.4 Å². The maximum Gasteiger partial charge on any atom is 0.147 e. The van der Waals surface area contributed by atoms with Gasteiger partial charge in [0.25, 0.3) is 0 Å². The molecule has 0 atom stereocenters. The molecule has 0 saturated heterocycles. The summed E-state index contributed by atoms with van der Waals surface area (Å²) in [5, 5.41) is 0.606. The van der Waals surface area contributed by atoms with Crippen molar-refractivity contribution >= 4 is 34.2 Å². The van der Waals surface area contributed by atoms with Crippen LogP contribution in [0.3, 0.4) is 0 Å². The molecule has 0 bridgehead atoms. The molecule has 1 aromatic heterocycles. The lowest BCUT2D eigenvalue weighted by molar-refractivity contribution is 0.616. The van der Waals surface area contributed by atoms with Crippen LogP contribution in [0.25, 0.3) is 16.7 Å². The zero-order valence-corrected chi connectivity index (χ0v) is 12.9. The monoisotopic (exact) mass is 322 g/mol. The highest BCUT2D eigenvalue weighted by Gasteiger charge is 2.15. The van der Waals surface area contributed by atoms with Gasteiger partial charge in [-0.1, -0.05) is 17.7 Å². The normalized spacial score (nSPS) is 11.2. The van der Waals surface area contributed by atoms with Crippen molar-refractivity contribution in [1.29, 1.82) is 0 Å².